The summed E-state index contributed by atoms with van der Waals surface area (Å²) in [7, 11) is 1.64. The zero-order chi connectivity index (χ0) is 22.5. The summed E-state index contributed by atoms with van der Waals surface area (Å²) in [5, 5.41) is 7.25. The van der Waals surface area contributed by atoms with Crippen molar-refractivity contribution in [3.63, 3.8) is 0 Å². The Hall–Kier alpha value is -3.10. The highest BCUT2D eigenvalue weighted by molar-refractivity contribution is 9.10. The van der Waals surface area contributed by atoms with Crippen LogP contribution in [0.3, 0.4) is 0 Å². The Balaban J connectivity index is 1.57. The highest BCUT2D eigenvalue weighted by Gasteiger charge is 2.14. The van der Waals surface area contributed by atoms with Crippen LogP contribution >= 0.6 is 28.1 Å². The molecule has 4 aromatic rings. The maximum Gasteiger partial charge on any atom is 0.214 e. The van der Waals surface area contributed by atoms with Gasteiger partial charge in [0, 0.05) is 10.0 Å². The number of para-hydroxylation sites is 1. The zero-order valence-corrected chi connectivity index (χ0v) is 20.2. The zero-order valence-electron chi connectivity index (χ0n) is 17.8. The first-order chi connectivity index (χ1) is 15.6. The van der Waals surface area contributed by atoms with Gasteiger partial charge in [-0.15, -0.1) is 0 Å². The van der Waals surface area contributed by atoms with Gasteiger partial charge < -0.3 is 14.9 Å². The smallest absolute Gasteiger partial charge is 0.214 e. The summed E-state index contributed by atoms with van der Waals surface area (Å²) in [5.74, 6) is 2.16. The average molecular weight is 511 g/mol. The molecule has 6 nitrogen and oxygen atoms in total. The van der Waals surface area contributed by atoms with Gasteiger partial charge in [-0.25, -0.2) is 9.77 Å². The van der Waals surface area contributed by atoms with Crippen LogP contribution < -0.4 is 14.9 Å². The van der Waals surface area contributed by atoms with Crippen molar-refractivity contribution in [2.24, 2.45) is 0 Å². The fraction of sp³-hybridized carbons (Fsp3) is 0.167. The molecule has 0 radical (unpaired) electrons. The SMILES string of the molecule is COc1ccccc1-c1n[nH]c(=S)n1NCc1cc(Br)ccc1OCc1ccccc1C. The van der Waals surface area contributed by atoms with E-state index in [1.807, 2.05) is 54.6 Å². The molecule has 2 N–H and O–H groups in total. The van der Waals surface area contributed by atoms with Crippen molar-refractivity contribution >= 4 is 28.1 Å². The van der Waals surface area contributed by atoms with Crippen LogP contribution in [0.25, 0.3) is 11.4 Å². The number of rotatable bonds is 8. The van der Waals surface area contributed by atoms with Crippen LogP contribution in [0.15, 0.2) is 71.2 Å². The number of halogens is 1. The summed E-state index contributed by atoms with van der Waals surface area (Å²) in [6, 6.07) is 21.9. The molecule has 0 unspecified atom stereocenters. The summed E-state index contributed by atoms with van der Waals surface area (Å²) < 4.78 is 14.8. The number of nitrogens with one attached hydrogen (secondary N) is 2. The van der Waals surface area contributed by atoms with Gasteiger partial charge in [-0.2, -0.15) is 5.10 Å². The maximum absolute atomic E-state index is 6.17. The average Bonchev–Trinajstić information content (AvgIpc) is 3.18. The minimum Gasteiger partial charge on any atom is -0.496 e. The van der Waals surface area contributed by atoms with Crippen LogP contribution in [0, 0.1) is 11.7 Å². The van der Waals surface area contributed by atoms with Crippen LogP contribution in [0.5, 0.6) is 11.5 Å². The second kappa shape index (κ2) is 10.0. The molecule has 1 heterocycles. The number of H-pyrrole nitrogens is 1. The Morgan fingerprint density at radius 1 is 1.03 bits per heavy atom. The molecular weight excluding hydrogens is 488 g/mol. The number of ether oxygens (including phenoxy) is 2. The lowest BCUT2D eigenvalue weighted by molar-refractivity contribution is 0.302. The number of benzene rings is 3. The highest BCUT2D eigenvalue weighted by Crippen LogP contribution is 2.28. The van der Waals surface area contributed by atoms with E-state index in [-0.39, 0.29) is 0 Å². The molecule has 0 fully saturated rings. The number of aromatic amines is 1. The molecule has 0 aliphatic heterocycles. The van der Waals surface area contributed by atoms with Crippen LogP contribution in [-0.4, -0.2) is 22.0 Å². The molecule has 1 aromatic heterocycles. The molecule has 3 aromatic carbocycles. The topological polar surface area (TPSA) is 64.1 Å². The number of hydrogen-bond acceptors (Lipinski definition) is 5. The largest absolute Gasteiger partial charge is 0.496 e. The van der Waals surface area contributed by atoms with E-state index in [0.717, 1.165) is 26.9 Å². The van der Waals surface area contributed by atoms with Crippen molar-refractivity contribution in [3.8, 4) is 22.9 Å². The molecule has 0 aliphatic rings. The molecular formula is C24H23BrN4O2S. The molecule has 0 aliphatic carbocycles. The first kappa shape index (κ1) is 22.1. The van der Waals surface area contributed by atoms with E-state index >= 15 is 0 Å². The predicted molar refractivity (Wildman–Crippen MR) is 132 cm³/mol. The lowest BCUT2D eigenvalue weighted by Gasteiger charge is -2.16. The molecule has 0 spiro atoms. The molecule has 0 saturated carbocycles. The van der Waals surface area contributed by atoms with E-state index in [4.69, 9.17) is 21.7 Å². The Bertz CT molecular complexity index is 1280. The number of aryl methyl sites for hydroxylation is 1. The van der Waals surface area contributed by atoms with Gasteiger partial charge in [0.2, 0.25) is 4.77 Å². The van der Waals surface area contributed by atoms with E-state index in [0.29, 0.717) is 29.5 Å². The lowest BCUT2D eigenvalue weighted by atomic mass is 10.1. The predicted octanol–water partition coefficient (Wildman–Crippen LogP) is 6.01. The van der Waals surface area contributed by atoms with Gasteiger partial charge in [-0.05, 0) is 60.6 Å². The van der Waals surface area contributed by atoms with Crippen LogP contribution in [0.1, 0.15) is 16.7 Å². The Labute approximate surface area is 200 Å². The van der Waals surface area contributed by atoms with Gasteiger partial charge in [-0.1, -0.05) is 52.3 Å². The number of aromatic nitrogens is 3. The summed E-state index contributed by atoms with van der Waals surface area (Å²) in [6.45, 7) is 3.07. The van der Waals surface area contributed by atoms with Crippen LogP contribution in [0.2, 0.25) is 0 Å². The first-order valence-electron chi connectivity index (χ1n) is 10.1. The third-order valence-electron chi connectivity index (χ3n) is 5.11. The minimum absolute atomic E-state index is 0.461. The summed E-state index contributed by atoms with van der Waals surface area (Å²) in [5.41, 5.74) is 7.55. The number of nitrogens with zero attached hydrogens (tertiary/aromatic N) is 2. The molecule has 0 bridgehead atoms. The lowest BCUT2D eigenvalue weighted by Crippen LogP contribution is -2.17. The van der Waals surface area contributed by atoms with Crippen molar-refractivity contribution in [3.05, 3.63) is 92.7 Å². The van der Waals surface area contributed by atoms with Crippen LogP contribution in [0.4, 0.5) is 0 Å². The van der Waals surface area contributed by atoms with E-state index in [1.54, 1.807) is 11.8 Å². The molecule has 0 atom stereocenters. The fourth-order valence-electron chi connectivity index (χ4n) is 3.37. The summed E-state index contributed by atoms with van der Waals surface area (Å²) >= 11 is 9.02. The minimum atomic E-state index is 0.461. The number of methoxy groups -OCH3 is 1. The quantitative estimate of drug-likeness (QED) is 0.284. The van der Waals surface area contributed by atoms with Gasteiger partial charge in [0.05, 0.1) is 19.2 Å². The molecule has 8 heteroatoms. The van der Waals surface area contributed by atoms with E-state index < -0.39 is 0 Å². The molecule has 32 heavy (non-hydrogen) atoms. The Kier molecular flexibility index (Phi) is 6.92. The maximum atomic E-state index is 6.17. The van der Waals surface area contributed by atoms with Gasteiger partial charge in [0.1, 0.15) is 18.1 Å². The van der Waals surface area contributed by atoms with Crippen molar-refractivity contribution in [1.82, 2.24) is 14.9 Å². The Morgan fingerprint density at radius 3 is 2.62 bits per heavy atom. The van der Waals surface area contributed by atoms with Gasteiger partial charge >= 0.3 is 0 Å². The van der Waals surface area contributed by atoms with Gasteiger partial charge in [-0.3, -0.25) is 0 Å². The van der Waals surface area contributed by atoms with Crippen molar-refractivity contribution < 1.29 is 9.47 Å². The fourth-order valence-corrected chi connectivity index (χ4v) is 3.98. The Morgan fingerprint density at radius 2 is 1.81 bits per heavy atom. The molecule has 4 rings (SSSR count). The highest BCUT2D eigenvalue weighted by atomic mass is 79.9. The van der Waals surface area contributed by atoms with E-state index in [2.05, 4.69) is 50.6 Å². The van der Waals surface area contributed by atoms with E-state index in [1.165, 1.54) is 5.56 Å². The molecule has 0 saturated heterocycles. The van der Waals surface area contributed by atoms with Crippen LogP contribution in [-0.2, 0) is 13.2 Å². The standard InChI is InChI=1S/C24H23BrN4O2S/c1-16-7-3-4-8-17(16)15-31-21-12-11-19(25)13-18(21)14-26-29-23(27-28-24(29)32)20-9-5-6-10-22(20)30-2/h3-13,26H,14-15H2,1-2H3,(H,28,32). The summed E-state index contributed by atoms with van der Waals surface area (Å²) in [6.07, 6.45) is 0. The third kappa shape index (κ3) is 4.87. The second-order valence-corrected chi connectivity index (χ2v) is 8.49. The number of hydrogen-bond donors (Lipinski definition) is 2. The van der Waals surface area contributed by atoms with Crippen molar-refractivity contribution in [1.29, 1.82) is 0 Å². The third-order valence-corrected chi connectivity index (χ3v) is 5.88. The molecule has 164 valence electrons. The van der Waals surface area contributed by atoms with Gasteiger partial charge in [0.15, 0.2) is 5.82 Å². The van der Waals surface area contributed by atoms with E-state index in [9.17, 15) is 0 Å². The van der Waals surface area contributed by atoms with Gasteiger partial charge in [0.25, 0.3) is 0 Å². The monoisotopic (exact) mass is 510 g/mol. The van der Waals surface area contributed by atoms with Crippen molar-refractivity contribution in [2.45, 2.75) is 20.1 Å². The summed E-state index contributed by atoms with van der Waals surface area (Å²) in [4.78, 5) is 0. The normalized spacial score (nSPS) is 10.7. The second-order valence-electron chi connectivity index (χ2n) is 7.19. The first-order valence-corrected chi connectivity index (χ1v) is 11.3. The molecule has 0 amide bonds. The van der Waals surface area contributed by atoms with Crippen molar-refractivity contribution in [2.75, 3.05) is 12.5 Å².